The van der Waals surface area contributed by atoms with E-state index in [0.29, 0.717) is 5.69 Å². The van der Waals surface area contributed by atoms with Gasteiger partial charge in [-0.1, -0.05) is 18.2 Å². The maximum absolute atomic E-state index is 11.9. The van der Waals surface area contributed by atoms with Gasteiger partial charge in [0.05, 0.1) is 5.52 Å². The first-order chi connectivity index (χ1) is 7.59. The second-order valence-electron chi connectivity index (χ2n) is 3.66. The fourth-order valence-corrected chi connectivity index (χ4v) is 1.70. The highest BCUT2D eigenvalue weighted by Gasteiger charge is 2.06. The fourth-order valence-electron chi connectivity index (χ4n) is 1.70. The third-order valence-electron chi connectivity index (χ3n) is 2.44. The van der Waals surface area contributed by atoms with E-state index in [1.807, 2.05) is 24.3 Å². The van der Waals surface area contributed by atoms with Gasteiger partial charge in [-0.25, -0.2) is 0 Å². The number of carbonyl (C=O) groups is 1. The molecule has 0 aliphatic rings. The van der Waals surface area contributed by atoms with Gasteiger partial charge in [0.15, 0.2) is 0 Å². The minimum Gasteiger partial charge on any atom is -0.322 e. The van der Waals surface area contributed by atoms with Crippen molar-refractivity contribution in [2.75, 3.05) is 5.32 Å². The van der Waals surface area contributed by atoms with E-state index >= 15 is 0 Å². The molecule has 4 heteroatoms. The summed E-state index contributed by atoms with van der Waals surface area (Å²) in [7, 11) is 1.69. The Morgan fingerprint density at radius 2 is 2.00 bits per heavy atom. The summed E-state index contributed by atoms with van der Waals surface area (Å²) in [6.07, 6.45) is 0. The molecule has 0 fully saturated rings. The standard InChI is InChI=1S/C12H12N2O2/c1-8(15)13-10-7-9-5-3-4-6-11(9)14(2)12(10)16/h3-7H,1-2H3,(H,13,15). The highest BCUT2D eigenvalue weighted by molar-refractivity contribution is 5.91. The summed E-state index contributed by atoms with van der Waals surface area (Å²) in [6, 6.07) is 9.23. The molecule has 1 amide bonds. The number of pyridine rings is 1. The van der Waals surface area contributed by atoms with Crippen LogP contribution in [0.25, 0.3) is 10.9 Å². The SMILES string of the molecule is CC(=O)Nc1cc2ccccc2n(C)c1=O. The van der Waals surface area contributed by atoms with Crippen LogP contribution in [0.3, 0.4) is 0 Å². The molecule has 0 radical (unpaired) electrons. The van der Waals surface area contributed by atoms with Crippen LogP contribution in [0.1, 0.15) is 6.92 Å². The molecular formula is C12H12N2O2. The first-order valence-electron chi connectivity index (χ1n) is 4.96. The maximum Gasteiger partial charge on any atom is 0.274 e. The minimum absolute atomic E-state index is 0.200. The van der Waals surface area contributed by atoms with Gasteiger partial charge in [-0.3, -0.25) is 9.59 Å². The normalized spacial score (nSPS) is 10.4. The zero-order chi connectivity index (χ0) is 11.7. The Labute approximate surface area is 92.5 Å². The zero-order valence-electron chi connectivity index (χ0n) is 9.15. The van der Waals surface area contributed by atoms with Crippen molar-refractivity contribution in [1.82, 2.24) is 4.57 Å². The molecule has 1 N–H and O–H groups in total. The number of rotatable bonds is 1. The van der Waals surface area contributed by atoms with Crippen molar-refractivity contribution in [1.29, 1.82) is 0 Å². The zero-order valence-corrected chi connectivity index (χ0v) is 9.15. The molecule has 0 aliphatic heterocycles. The summed E-state index contributed by atoms with van der Waals surface area (Å²) >= 11 is 0. The summed E-state index contributed by atoms with van der Waals surface area (Å²) < 4.78 is 1.53. The summed E-state index contributed by atoms with van der Waals surface area (Å²) in [5, 5.41) is 3.46. The van der Waals surface area contributed by atoms with Gasteiger partial charge < -0.3 is 9.88 Å². The molecule has 4 nitrogen and oxygen atoms in total. The highest BCUT2D eigenvalue weighted by Crippen LogP contribution is 2.14. The first-order valence-corrected chi connectivity index (χ1v) is 4.96. The van der Waals surface area contributed by atoms with E-state index < -0.39 is 0 Å². The van der Waals surface area contributed by atoms with Crippen molar-refractivity contribution in [2.45, 2.75) is 6.92 Å². The molecule has 0 unspecified atom stereocenters. The van der Waals surface area contributed by atoms with Crippen molar-refractivity contribution in [2.24, 2.45) is 7.05 Å². The van der Waals surface area contributed by atoms with Gasteiger partial charge in [-0.05, 0) is 12.1 Å². The Kier molecular flexibility index (Phi) is 2.48. The molecule has 1 heterocycles. The van der Waals surface area contributed by atoms with Gasteiger partial charge in [-0.15, -0.1) is 0 Å². The van der Waals surface area contributed by atoms with Gasteiger partial charge in [-0.2, -0.15) is 0 Å². The molecule has 0 saturated carbocycles. The van der Waals surface area contributed by atoms with Crippen LogP contribution in [0.2, 0.25) is 0 Å². The predicted octanol–water partition coefficient (Wildman–Crippen LogP) is 1.50. The van der Waals surface area contributed by atoms with Crippen LogP contribution in [-0.4, -0.2) is 10.5 Å². The van der Waals surface area contributed by atoms with Gasteiger partial charge in [0, 0.05) is 19.4 Å². The molecule has 0 spiro atoms. The molecule has 0 saturated heterocycles. The van der Waals surface area contributed by atoms with Crippen LogP contribution in [0, 0.1) is 0 Å². The molecule has 0 atom stereocenters. The number of benzene rings is 1. The fraction of sp³-hybridized carbons (Fsp3) is 0.167. The quantitative estimate of drug-likeness (QED) is 0.785. The number of carbonyl (C=O) groups excluding carboxylic acids is 1. The summed E-state index contributed by atoms with van der Waals surface area (Å²) in [5.41, 5.74) is 0.962. The number of aromatic nitrogens is 1. The Balaban J connectivity index is 2.74. The second-order valence-corrected chi connectivity index (χ2v) is 3.66. The van der Waals surface area contributed by atoms with E-state index in [1.54, 1.807) is 13.1 Å². The predicted molar refractivity (Wildman–Crippen MR) is 63.5 cm³/mol. The number of fused-ring (bicyclic) bond motifs is 1. The molecule has 1 aromatic carbocycles. The number of hydrogen-bond donors (Lipinski definition) is 1. The van der Waals surface area contributed by atoms with Crippen LogP contribution in [-0.2, 0) is 11.8 Å². The molecule has 0 bridgehead atoms. The van der Waals surface area contributed by atoms with Crippen molar-refractivity contribution < 1.29 is 4.79 Å². The van der Waals surface area contributed by atoms with E-state index in [4.69, 9.17) is 0 Å². The van der Waals surface area contributed by atoms with Crippen molar-refractivity contribution in [3.63, 3.8) is 0 Å². The van der Waals surface area contributed by atoms with Gasteiger partial charge in [0.1, 0.15) is 5.69 Å². The highest BCUT2D eigenvalue weighted by atomic mass is 16.2. The lowest BCUT2D eigenvalue weighted by Gasteiger charge is -2.08. The van der Waals surface area contributed by atoms with Crippen LogP contribution in [0.4, 0.5) is 5.69 Å². The molecule has 0 aliphatic carbocycles. The van der Waals surface area contributed by atoms with Gasteiger partial charge >= 0.3 is 0 Å². The maximum atomic E-state index is 11.9. The van der Waals surface area contributed by atoms with E-state index in [-0.39, 0.29) is 11.5 Å². The molecular weight excluding hydrogens is 204 g/mol. The van der Waals surface area contributed by atoms with E-state index in [2.05, 4.69) is 5.32 Å². The van der Waals surface area contributed by atoms with E-state index in [0.717, 1.165) is 10.9 Å². The number of anilines is 1. The topological polar surface area (TPSA) is 51.1 Å². The average Bonchev–Trinajstić information content (AvgIpc) is 2.25. The monoisotopic (exact) mass is 216 g/mol. The van der Waals surface area contributed by atoms with E-state index in [9.17, 15) is 9.59 Å². The number of para-hydroxylation sites is 1. The van der Waals surface area contributed by atoms with Crippen LogP contribution in [0.15, 0.2) is 35.1 Å². The van der Waals surface area contributed by atoms with Crippen molar-refractivity contribution >= 4 is 22.5 Å². The largest absolute Gasteiger partial charge is 0.322 e. The molecule has 16 heavy (non-hydrogen) atoms. The van der Waals surface area contributed by atoms with E-state index in [1.165, 1.54) is 11.5 Å². The number of aryl methyl sites for hydroxylation is 1. The summed E-state index contributed by atoms with van der Waals surface area (Å²) in [4.78, 5) is 22.8. The van der Waals surface area contributed by atoms with Crippen LogP contribution < -0.4 is 10.9 Å². The lowest BCUT2D eigenvalue weighted by Crippen LogP contribution is -2.23. The molecule has 2 aromatic rings. The average molecular weight is 216 g/mol. The lowest BCUT2D eigenvalue weighted by atomic mass is 10.2. The van der Waals surface area contributed by atoms with Crippen molar-refractivity contribution in [3.05, 3.63) is 40.7 Å². The molecule has 2 rings (SSSR count). The number of hydrogen-bond acceptors (Lipinski definition) is 2. The van der Waals surface area contributed by atoms with Gasteiger partial charge in [0.25, 0.3) is 5.56 Å². The summed E-state index contributed by atoms with van der Waals surface area (Å²) in [6.45, 7) is 1.38. The van der Waals surface area contributed by atoms with Crippen molar-refractivity contribution in [3.8, 4) is 0 Å². The Morgan fingerprint density at radius 1 is 1.31 bits per heavy atom. The first kappa shape index (κ1) is 10.4. The number of amides is 1. The number of nitrogens with zero attached hydrogens (tertiary/aromatic N) is 1. The van der Waals surface area contributed by atoms with Gasteiger partial charge in [0.2, 0.25) is 5.91 Å². The Morgan fingerprint density at radius 3 is 2.69 bits per heavy atom. The summed E-state index contributed by atoms with van der Waals surface area (Å²) in [5.74, 6) is -0.243. The number of nitrogens with one attached hydrogen (secondary N) is 1. The van der Waals surface area contributed by atoms with Crippen LogP contribution >= 0.6 is 0 Å². The Hall–Kier alpha value is -2.10. The smallest absolute Gasteiger partial charge is 0.274 e. The molecule has 1 aromatic heterocycles. The lowest BCUT2D eigenvalue weighted by molar-refractivity contribution is -0.114. The Bertz CT molecular complexity index is 614. The second kappa shape index (κ2) is 3.81. The van der Waals surface area contributed by atoms with Crippen LogP contribution in [0.5, 0.6) is 0 Å². The minimum atomic E-state index is -0.243. The molecule has 82 valence electrons. The third-order valence-corrected chi connectivity index (χ3v) is 2.44. The third kappa shape index (κ3) is 1.69.